The molecule has 0 aromatic carbocycles. The van der Waals surface area contributed by atoms with Gasteiger partial charge in [-0.2, -0.15) is 0 Å². The summed E-state index contributed by atoms with van der Waals surface area (Å²) in [5, 5.41) is 16.3. The van der Waals surface area contributed by atoms with Gasteiger partial charge in [0.25, 0.3) is 11.6 Å². The van der Waals surface area contributed by atoms with Crippen LogP contribution in [-0.4, -0.2) is 27.8 Å². The second-order valence-electron chi connectivity index (χ2n) is 4.14. The molecule has 0 aliphatic rings. The Kier molecular flexibility index (Phi) is 4.39. The van der Waals surface area contributed by atoms with Gasteiger partial charge in [-0.25, -0.2) is 4.98 Å². The van der Waals surface area contributed by atoms with Crippen LogP contribution in [0.15, 0.2) is 36.8 Å². The van der Waals surface area contributed by atoms with Crippen molar-refractivity contribution in [3.63, 3.8) is 0 Å². The third-order valence-electron chi connectivity index (χ3n) is 2.76. The first kappa shape index (κ1) is 14.4. The van der Waals surface area contributed by atoms with E-state index in [1.165, 1.54) is 6.07 Å². The average Bonchev–Trinajstić information content (AvgIpc) is 2.52. The van der Waals surface area contributed by atoms with E-state index in [9.17, 15) is 14.9 Å². The number of carbonyl (C=O) groups excluding carboxylic acids is 1. The molecule has 0 atom stereocenters. The Morgan fingerprint density at radius 3 is 2.86 bits per heavy atom. The molecule has 108 valence electrons. The summed E-state index contributed by atoms with van der Waals surface area (Å²) in [4.78, 5) is 30.2. The average molecular weight is 287 g/mol. The fourth-order valence-corrected chi connectivity index (χ4v) is 1.69. The number of anilines is 1. The van der Waals surface area contributed by atoms with Crippen molar-refractivity contribution in [2.75, 3.05) is 12.4 Å². The van der Waals surface area contributed by atoms with Gasteiger partial charge < -0.3 is 10.6 Å². The van der Waals surface area contributed by atoms with Gasteiger partial charge in [0.15, 0.2) is 0 Å². The Labute approximate surface area is 120 Å². The topological polar surface area (TPSA) is 110 Å². The molecule has 21 heavy (non-hydrogen) atoms. The van der Waals surface area contributed by atoms with E-state index in [1.807, 2.05) is 0 Å². The van der Waals surface area contributed by atoms with Crippen LogP contribution < -0.4 is 10.6 Å². The fourth-order valence-electron chi connectivity index (χ4n) is 1.69. The van der Waals surface area contributed by atoms with Crippen molar-refractivity contribution in [2.45, 2.75) is 6.54 Å². The van der Waals surface area contributed by atoms with Crippen molar-refractivity contribution in [2.24, 2.45) is 0 Å². The number of nitro groups is 1. The molecule has 1 amide bonds. The quantitative estimate of drug-likeness (QED) is 0.634. The lowest BCUT2D eigenvalue weighted by Gasteiger charge is -2.07. The third-order valence-corrected chi connectivity index (χ3v) is 2.76. The first-order chi connectivity index (χ1) is 10.1. The van der Waals surface area contributed by atoms with Crippen molar-refractivity contribution in [1.82, 2.24) is 15.3 Å². The number of hydrogen-bond acceptors (Lipinski definition) is 6. The summed E-state index contributed by atoms with van der Waals surface area (Å²) in [6, 6.07) is 4.89. The van der Waals surface area contributed by atoms with E-state index in [0.717, 1.165) is 11.8 Å². The molecular weight excluding hydrogens is 274 g/mol. The van der Waals surface area contributed by atoms with Crippen LogP contribution in [-0.2, 0) is 6.54 Å². The number of hydrogen-bond donors (Lipinski definition) is 2. The summed E-state index contributed by atoms with van der Waals surface area (Å²) >= 11 is 0. The molecule has 2 aromatic rings. The van der Waals surface area contributed by atoms with Crippen molar-refractivity contribution >= 4 is 17.4 Å². The molecule has 0 saturated carbocycles. The van der Waals surface area contributed by atoms with Gasteiger partial charge in [0.1, 0.15) is 17.6 Å². The van der Waals surface area contributed by atoms with Crippen molar-refractivity contribution < 1.29 is 9.72 Å². The molecular formula is C13H13N5O3. The Bertz CT molecular complexity index is 660. The molecule has 0 aliphatic heterocycles. The number of amides is 1. The highest BCUT2D eigenvalue weighted by Crippen LogP contribution is 2.20. The Balaban J connectivity index is 2.19. The van der Waals surface area contributed by atoms with Crippen LogP contribution in [0.1, 0.15) is 15.9 Å². The van der Waals surface area contributed by atoms with Crippen LogP contribution >= 0.6 is 0 Å². The summed E-state index contributed by atoms with van der Waals surface area (Å²) < 4.78 is 0. The van der Waals surface area contributed by atoms with Gasteiger partial charge >= 0.3 is 0 Å². The summed E-state index contributed by atoms with van der Waals surface area (Å²) in [6.45, 7) is 0.237. The van der Waals surface area contributed by atoms with Crippen molar-refractivity contribution in [3.8, 4) is 0 Å². The minimum Gasteiger partial charge on any atom is -0.373 e. The largest absolute Gasteiger partial charge is 0.373 e. The second-order valence-corrected chi connectivity index (χ2v) is 4.14. The molecule has 0 unspecified atom stereocenters. The number of carbonyl (C=O) groups is 1. The molecule has 2 N–H and O–H groups in total. The van der Waals surface area contributed by atoms with E-state index in [1.54, 1.807) is 31.6 Å². The molecule has 0 fully saturated rings. The molecule has 0 spiro atoms. The maximum atomic E-state index is 12.1. The fraction of sp³-hybridized carbons (Fsp3) is 0.154. The van der Waals surface area contributed by atoms with Crippen molar-refractivity contribution in [1.29, 1.82) is 0 Å². The molecule has 0 saturated heterocycles. The number of nitrogens with one attached hydrogen (secondary N) is 2. The van der Waals surface area contributed by atoms with Crippen LogP contribution in [0.4, 0.5) is 11.5 Å². The molecule has 8 nitrogen and oxygen atoms in total. The maximum absolute atomic E-state index is 12.1. The predicted octanol–water partition coefficient (Wildman–Crippen LogP) is 1.36. The van der Waals surface area contributed by atoms with Crippen LogP contribution in [0.3, 0.4) is 0 Å². The highest BCUT2D eigenvalue weighted by atomic mass is 16.6. The molecule has 0 bridgehead atoms. The summed E-state index contributed by atoms with van der Waals surface area (Å²) in [7, 11) is 1.62. The van der Waals surface area contributed by atoms with Crippen LogP contribution in [0.2, 0.25) is 0 Å². The van der Waals surface area contributed by atoms with E-state index in [2.05, 4.69) is 20.6 Å². The molecule has 0 aliphatic carbocycles. The van der Waals surface area contributed by atoms with E-state index < -0.39 is 10.8 Å². The summed E-state index contributed by atoms with van der Waals surface area (Å²) in [5.74, 6) is -0.156. The highest BCUT2D eigenvalue weighted by molar-refractivity contribution is 5.98. The molecule has 2 heterocycles. The Morgan fingerprint density at radius 2 is 2.24 bits per heavy atom. The van der Waals surface area contributed by atoms with E-state index in [0.29, 0.717) is 5.82 Å². The highest BCUT2D eigenvalue weighted by Gasteiger charge is 2.21. The molecule has 2 rings (SSSR count). The van der Waals surface area contributed by atoms with Gasteiger partial charge in [-0.15, -0.1) is 0 Å². The first-order valence-electron chi connectivity index (χ1n) is 6.11. The lowest BCUT2D eigenvalue weighted by atomic mass is 10.2. The van der Waals surface area contributed by atoms with Gasteiger partial charge in [0.2, 0.25) is 0 Å². The van der Waals surface area contributed by atoms with Gasteiger partial charge in [0.05, 0.1) is 4.92 Å². The molecule has 8 heteroatoms. The molecule has 0 radical (unpaired) electrons. The zero-order chi connectivity index (χ0) is 15.2. The lowest BCUT2D eigenvalue weighted by Crippen LogP contribution is -2.24. The molecule has 2 aromatic heterocycles. The minimum absolute atomic E-state index is 0.0387. The second kappa shape index (κ2) is 6.42. The van der Waals surface area contributed by atoms with Crippen molar-refractivity contribution in [3.05, 3.63) is 58.0 Å². The number of aromatic nitrogens is 2. The number of pyridine rings is 2. The Hall–Kier alpha value is -3.03. The Morgan fingerprint density at radius 1 is 1.43 bits per heavy atom. The van der Waals surface area contributed by atoms with Gasteiger partial charge in [-0.1, -0.05) is 6.07 Å². The van der Waals surface area contributed by atoms with Gasteiger partial charge in [0, 0.05) is 32.1 Å². The van der Waals surface area contributed by atoms with Crippen LogP contribution in [0, 0.1) is 10.1 Å². The third kappa shape index (κ3) is 3.50. The van der Waals surface area contributed by atoms with Crippen LogP contribution in [0.25, 0.3) is 0 Å². The number of nitrogens with zero attached hydrogens (tertiary/aromatic N) is 3. The minimum atomic E-state index is -0.634. The normalized spacial score (nSPS) is 9.95. The van der Waals surface area contributed by atoms with Gasteiger partial charge in [-0.3, -0.25) is 19.9 Å². The maximum Gasteiger partial charge on any atom is 0.300 e. The summed E-state index contributed by atoms with van der Waals surface area (Å²) in [5.41, 5.74) is 0.428. The lowest BCUT2D eigenvalue weighted by molar-refractivity contribution is -0.385. The zero-order valence-electron chi connectivity index (χ0n) is 11.2. The summed E-state index contributed by atoms with van der Waals surface area (Å²) in [6.07, 6.45) is 4.29. The predicted molar refractivity (Wildman–Crippen MR) is 75.8 cm³/mol. The monoisotopic (exact) mass is 287 g/mol. The smallest absolute Gasteiger partial charge is 0.300 e. The zero-order valence-corrected chi connectivity index (χ0v) is 11.2. The van der Waals surface area contributed by atoms with Crippen LogP contribution in [0.5, 0.6) is 0 Å². The standard InChI is InChI=1S/C13H13N5O3/c1-14-12-5-10(11(8-16-12)18(20)21)13(19)17-7-9-3-2-4-15-6-9/h2-6,8H,7H2,1H3,(H,14,16)(H,17,19). The van der Waals surface area contributed by atoms with Gasteiger partial charge in [-0.05, 0) is 11.6 Å². The number of rotatable bonds is 5. The van der Waals surface area contributed by atoms with E-state index >= 15 is 0 Å². The first-order valence-corrected chi connectivity index (χ1v) is 6.11. The van der Waals surface area contributed by atoms with E-state index in [4.69, 9.17) is 0 Å². The van der Waals surface area contributed by atoms with E-state index in [-0.39, 0.29) is 17.8 Å². The SMILES string of the molecule is CNc1cc(C(=O)NCc2cccnc2)c([N+](=O)[O-])cn1.